The summed E-state index contributed by atoms with van der Waals surface area (Å²) >= 11 is 0. The van der Waals surface area contributed by atoms with Crippen LogP contribution in [-0.2, 0) is 4.79 Å². The monoisotopic (exact) mass is 250 g/mol. The zero-order valence-corrected chi connectivity index (χ0v) is 10.5. The van der Waals surface area contributed by atoms with Gasteiger partial charge in [0.05, 0.1) is 5.56 Å². The van der Waals surface area contributed by atoms with Crippen molar-refractivity contribution in [3.63, 3.8) is 0 Å². The van der Waals surface area contributed by atoms with Gasteiger partial charge in [-0.1, -0.05) is 26.2 Å². The smallest absolute Gasteiger partial charge is 0.335 e. The van der Waals surface area contributed by atoms with Crippen molar-refractivity contribution in [1.82, 2.24) is 4.98 Å². The zero-order chi connectivity index (χ0) is 13.4. The molecular formula is C13H18N2O3. The van der Waals surface area contributed by atoms with E-state index in [4.69, 9.17) is 5.11 Å². The fraction of sp³-hybridized carbons (Fsp3) is 0.462. The molecule has 0 aliphatic heterocycles. The number of nitrogens with one attached hydrogen (secondary N) is 1. The fourth-order valence-electron chi connectivity index (χ4n) is 1.55. The Morgan fingerprint density at radius 2 is 2.11 bits per heavy atom. The van der Waals surface area contributed by atoms with E-state index in [0.717, 1.165) is 25.7 Å². The van der Waals surface area contributed by atoms with Gasteiger partial charge in [0, 0.05) is 12.6 Å². The number of anilines is 1. The van der Waals surface area contributed by atoms with E-state index in [1.54, 1.807) is 0 Å². The number of carbonyl (C=O) groups excluding carboxylic acids is 1. The molecule has 98 valence electrons. The van der Waals surface area contributed by atoms with Crippen LogP contribution >= 0.6 is 0 Å². The van der Waals surface area contributed by atoms with E-state index in [0.29, 0.717) is 6.42 Å². The minimum atomic E-state index is -1.03. The van der Waals surface area contributed by atoms with Crippen LogP contribution < -0.4 is 5.32 Å². The number of carboxylic acid groups (broad SMARTS) is 1. The van der Waals surface area contributed by atoms with Crippen molar-refractivity contribution < 1.29 is 14.7 Å². The highest BCUT2D eigenvalue weighted by Crippen LogP contribution is 2.09. The van der Waals surface area contributed by atoms with Gasteiger partial charge < -0.3 is 10.4 Å². The topological polar surface area (TPSA) is 79.3 Å². The van der Waals surface area contributed by atoms with E-state index in [1.807, 2.05) is 0 Å². The number of nitrogens with zero attached hydrogens (tertiary/aromatic N) is 1. The molecule has 0 fully saturated rings. The molecule has 2 N–H and O–H groups in total. The molecule has 0 unspecified atom stereocenters. The van der Waals surface area contributed by atoms with E-state index in [9.17, 15) is 9.59 Å². The predicted octanol–water partition coefficient (Wildman–Crippen LogP) is 2.69. The third-order valence-corrected chi connectivity index (χ3v) is 2.53. The van der Waals surface area contributed by atoms with Crippen molar-refractivity contribution in [2.24, 2.45) is 0 Å². The van der Waals surface area contributed by atoms with Crippen LogP contribution in [0.2, 0.25) is 0 Å². The number of carbonyl (C=O) groups is 2. The summed E-state index contributed by atoms with van der Waals surface area (Å²) in [5.41, 5.74) is 0.117. The zero-order valence-electron chi connectivity index (χ0n) is 10.5. The SMILES string of the molecule is CCCCCCC(=O)Nc1cc(C(=O)O)ccn1. The highest BCUT2D eigenvalue weighted by Gasteiger charge is 2.07. The Balaban J connectivity index is 2.44. The van der Waals surface area contributed by atoms with Gasteiger partial charge in [-0.3, -0.25) is 4.79 Å². The van der Waals surface area contributed by atoms with Gasteiger partial charge in [-0.2, -0.15) is 0 Å². The van der Waals surface area contributed by atoms with Crippen LogP contribution in [0.1, 0.15) is 49.4 Å². The quantitative estimate of drug-likeness (QED) is 0.729. The van der Waals surface area contributed by atoms with E-state index in [1.165, 1.54) is 18.3 Å². The lowest BCUT2D eigenvalue weighted by Crippen LogP contribution is -2.12. The van der Waals surface area contributed by atoms with Crippen LogP contribution in [-0.4, -0.2) is 22.0 Å². The summed E-state index contributed by atoms with van der Waals surface area (Å²) in [7, 11) is 0. The van der Waals surface area contributed by atoms with Crippen LogP contribution in [0.3, 0.4) is 0 Å². The largest absolute Gasteiger partial charge is 0.478 e. The molecule has 18 heavy (non-hydrogen) atoms. The molecule has 0 aliphatic rings. The molecule has 0 saturated carbocycles. The number of aromatic carboxylic acids is 1. The second kappa shape index (κ2) is 7.42. The summed E-state index contributed by atoms with van der Waals surface area (Å²) in [6.07, 6.45) is 5.95. The van der Waals surface area contributed by atoms with Crippen molar-refractivity contribution in [2.45, 2.75) is 39.0 Å². The summed E-state index contributed by atoms with van der Waals surface area (Å²) in [6, 6.07) is 2.74. The van der Waals surface area contributed by atoms with Gasteiger partial charge in [-0.25, -0.2) is 9.78 Å². The highest BCUT2D eigenvalue weighted by atomic mass is 16.4. The van der Waals surface area contributed by atoms with Crippen molar-refractivity contribution in [1.29, 1.82) is 0 Å². The second-order valence-electron chi connectivity index (χ2n) is 4.09. The maximum atomic E-state index is 11.6. The molecule has 1 heterocycles. The van der Waals surface area contributed by atoms with Crippen LogP contribution in [0.15, 0.2) is 18.3 Å². The molecule has 0 spiro atoms. The number of carboxylic acids is 1. The lowest BCUT2D eigenvalue weighted by atomic mass is 10.1. The molecule has 0 atom stereocenters. The molecule has 5 nitrogen and oxygen atoms in total. The predicted molar refractivity (Wildman–Crippen MR) is 68.6 cm³/mol. The van der Waals surface area contributed by atoms with Gasteiger partial charge >= 0.3 is 5.97 Å². The number of hydrogen-bond acceptors (Lipinski definition) is 3. The lowest BCUT2D eigenvalue weighted by molar-refractivity contribution is -0.116. The van der Waals surface area contributed by atoms with Crippen LogP contribution in [0, 0.1) is 0 Å². The first-order chi connectivity index (χ1) is 8.63. The Morgan fingerprint density at radius 1 is 1.33 bits per heavy atom. The third-order valence-electron chi connectivity index (χ3n) is 2.53. The Labute approximate surface area is 106 Å². The van der Waals surface area contributed by atoms with E-state index < -0.39 is 5.97 Å². The molecule has 1 amide bonds. The van der Waals surface area contributed by atoms with Crippen molar-refractivity contribution >= 4 is 17.7 Å². The number of hydrogen-bond donors (Lipinski definition) is 2. The lowest BCUT2D eigenvalue weighted by Gasteiger charge is -2.04. The normalized spacial score (nSPS) is 10.1. The first-order valence-corrected chi connectivity index (χ1v) is 6.12. The molecule has 0 bridgehead atoms. The maximum Gasteiger partial charge on any atom is 0.335 e. The van der Waals surface area contributed by atoms with Crippen molar-refractivity contribution in [3.05, 3.63) is 23.9 Å². The van der Waals surface area contributed by atoms with Gasteiger partial charge in [0.2, 0.25) is 5.91 Å². The number of rotatable bonds is 7. The number of amides is 1. The first kappa shape index (κ1) is 14.2. The molecule has 5 heteroatoms. The average molecular weight is 250 g/mol. The Morgan fingerprint density at radius 3 is 2.78 bits per heavy atom. The molecular weight excluding hydrogens is 232 g/mol. The minimum absolute atomic E-state index is 0.117. The fourth-order valence-corrected chi connectivity index (χ4v) is 1.55. The van der Waals surface area contributed by atoms with Crippen molar-refractivity contribution in [3.8, 4) is 0 Å². The van der Waals surface area contributed by atoms with Gasteiger partial charge in [0.25, 0.3) is 0 Å². The van der Waals surface area contributed by atoms with Gasteiger partial charge in [-0.15, -0.1) is 0 Å². The summed E-state index contributed by atoms with van der Waals surface area (Å²) < 4.78 is 0. The third kappa shape index (κ3) is 4.95. The van der Waals surface area contributed by atoms with Crippen LogP contribution in [0.4, 0.5) is 5.82 Å². The van der Waals surface area contributed by atoms with Crippen molar-refractivity contribution in [2.75, 3.05) is 5.32 Å². The van der Waals surface area contributed by atoms with E-state index in [2.05, 4.69) is 17.2 Å². The maximum absolute atomic E-state index is 11.6. The molecule has 1 aromatic rings. The Hall–Kier alpha value is -1.91. The molecule has 1 aromatic heterocycles. The molecule has 1 rings (SSSR count). The summed E-state index contributed by atoms with van der Waals surface area (Å²) in [5, 5.41) is 11.4. The average Bonchev–Trinajstić information content (AvgIpc) is 2.35. The van der Waals surface area contributed by atoms with Crippen LogP contribution in [0.5, 0.6) is 0 Å². The molecule has 0 aromatic carbocycles. The minimum Gasteiger partial charge on any atom is -0.478 e. The number of pyridine rings is 1. The van der Waals surface area contributed by atoms with E-state index in [-0.39, 0.29) is 17.3 Å². The summed E-state index contributed by atoms with van der Waals surface area (Å²) in [4.78, 5) is 26.2. The van der Waals surface area contributed by atoms with Crippen LogP contribution in [0.25, 0.3) is 0 Å². The van der Waals surface area contributed by atoms with Gasteiger partial charge in [-0.05, 0) is 18.6 Å². The molecule has 0 radical (unpaired) electrons. The van der Waals surface area contributed by atoms with Gasteiger partial charge in [0.1, 0.15) is 5.82 Å². The van der Waals surface area contributed by atoms with Gasteiger partial charge in [0.15, 0.2) is 0 Å². The highest BCUT2D eigenvalue weighted by molar-refractivity contribution is 5.92. The first-order valence-electron chi connectivity index (χ1n) is 6.12. The molecule has 0 saturated heterocycles. The number of aromatic nitrogens is 1. The Kier molecular flexibility index (Phi) is 5.84. The standard InChI is InChI=1S/C13H18N2O3/c1-2-3-4-5-6-12(16)15-11-9-10(13(17)18)7-8-14-11/h7-9H,2-6H2,1H3,(H,17,18)(H,14,15,16). The van der Waals surface area contributed by atoms with E-state index >= 15 is 0 Å². The summed E-state index contributed by atoms with van der Waals surface area (Å²) in [6.45, 7) is 2.11. The Bertz CT molecular complexity index is 418. The number of unbranched alkanes of at least 4 members (excludes halogenated alkanes) is 3. The molecule has 0 aliphatic carbocycles. The second-order valence-corrected chi connectivity index (χ2v) is 4.09. The summed E-state index contributed by atoms with van der Waals surface area (Å²) in [5.74, 6) is -0.868.